The number of nitrogens with zero attached hydrogens (tertiary/aromatic N) is 3. The Bertz CT molecular complexity index is 1060. The molecule has 0 saturated heterocycles. The molecule has 1 aliphatic carbocycles. The van der Waals surface area contributed by atoms with Crippen molar-refractivity contribution in [1.82, 2.24) is 25.3 Å². The SMILES string of the molecule is CCCC(=O)N[C@H]1CCCC[C@H]1Nc1nc(-c2c[nH]c3ncc(Cl)cc23)ncc1F. The Hall–Kier alpha value is -2.74. The number of fused-ring (bicyclic) bond motifs is 1. The second kappa shape index (κ2) is 8.95. The summed E-state index contributed by atoms with van der Waals surface area (Å²) in [4.78, 5) is 28.0. The van der Waals surface area contributed by atoms with Crippen molar-refractivity contribution in [3.05, 3.63) is 35.5 Å². The van der Waals surface area contributed by atoms with Crippen LogP contribution in [0.5, 0.6) is 0 Å². The number of hydrogen-bond acceptors (Lipinski definition) is 5. The lowest BCUT2D eigenvalue weighted by molar-refractivity contribution is -0.122. The molecule has 0 radical (unpaired) electrons. The van der Waals surface area contributed by atoms with Crippen LogP contribution in [0.25, 0.3) is 22.4 Å². The largest absolute Gasteiger partial charge is 0.363 e. The van der Waals surface area contributed by atoms with Gasteiger partial charge >= 0.3 is 0 Å². The molecule has 1 aliphatic rings. The minimum Gasteiger partial charge on any atom is -0.363 e. The summed E-state index contributed by atoms with van der Waals surface area (Å²) < 4.78 is 14.5. The standard InChI is InChI=1S/C21H24ClFN6O/c1-2-5-18(30)27-16-6-3-4-7-17(16)28-21-15(23)11-26-20(29-21)14-10-25-19-13(14)8-12(22)9-24-19/h8-11,16-17H,2-7H2,1H3,(H,24,25)(H,27,30)(H,26,28,29)/t16-,17+/m0/s1. The first-order valence-electron chi connectivity index (χ1n) is 10.3. The number of halogens is 2. The molecule has 1 saturated carbocycles. The number of aromatic nitrogens is 4. The third-order valence-electron chi connectivity index (χ3n) is 5.39. The van der Waals surface area contributed by atoms with Crippen LogP contribution in [0.15, 0.2) is 24.7 Å². The minimum absolute atomic E-state index is 0.0308. The highest BCUT2D eigenvalue weighted by Crippen LogP contribution is 2.29. The zero-order valence-corrected chi connectivity index (χ0v) is 17.5. The molecule has 1 fully saturated rings. The molecule has 0 spiro atoms. The van der Waals surface area contributed by atoms with E-state index >= 15 is 0 Å². The maximum atomic E-state index is 14.5. The lowest BCUT2D eigenvalue weighted by Gasteiger charge is -2.33. The van der Waals surface area contributed by atoms with Crippen LogP contribution in [0.4, 0.5) is 10.2 Å². The first-order valence-corrected chi connectivity index (χ1v) is 10.6. The van der Waals surface area contributed by atoms with Gasteiger partial charge < -0.3 is 15.6 Å². The number of carbonyl (C=O) groups is 1. The molecule has 0 aliphatic heterocycles. The molecule has 4 rings (SSSR count). The van der Waals surface area contributed by atoms with Gasteiger partial charge in [0.1, 0.15) is 5.65 Å². The first-order chi connectivity index (χ1) is 14.5. The highest BCUT2D eigenvalue weighted by Gasteiger charge is 2.27. The van der Waals surface area contributed by atoms with Crippen LogP contribution in [-0.4, -0.2) is 37.9 Å². The van der Waals surface area contributed by atoms with Crippen LogP contribution < -0.4 is 10.6 Å². The van der Waals surface area contributed by atoms with Crippen molar-refractivity contribution in [3.8, 4) is 11.4 Å². The Labute approximate surface area is 178 Å². The van der Waals surface area contributed by atoms with E-state index in [9.17, 15) is 9.18 Å². The van der Waals surface area contributed by atoms with Gasteiger partial charge in [0.25, 0.3) is 0 Å². The third kappa shape index (κ3) is 4.38. The smallest absolute Gasteiger partial charge is 0.220 e. The van der Waals surface area contributed by atoms with Gasteiger partial charge in [-0.1, -0.05) is 31.4 Å². The van der Waals surface area contributed by atoms with E-state index in [2.05, 4.69) is 30.6 Å². The first kappa shape index (κ1) is 20.5. The third-order valence-corrected chi connectivity index (χ3v) is 5.60. The van der Waals surface area contributed by atoms with Gasteiger partial charge in [-0.05, 0) is 25.3 Å². The summed E-state index contributed by atoms with van der Waals surface area (Å²) in [6.45, 7) is 1.97. The zero-order chi connectivity index (χ0) is 21.1. The van der Waals surface area contributed by atoms with Crippen molar-refractivity contribution < 1.29 is 9.18 Å². The van der Waals surface area contributed by atoms with E-state index in [1.807, 2.05) is 6.92 Å². The van der Waals surface area contributed by atoms with Crippen LogP contribution in [0.3, 0.4) is 0 Å². The van der Waals surface area contributed by atoms with Gasteiger partial charge in [-0.25, -0.2) is 19.3 Å². The minimum atomic E-state index is -0.529. The van der Waals surface area contributed by atoms with Crippen LogP contribution >= 0.6 is 11.6 Å². The number of pyridine rings is 1. The number of anilines is 1. The Balaban J connectivity index is 1.59. The molecular weight excluding hydrogens is 407 g/mol. The van der Waals surface area contributed by atoms with E-state index in [-0.39, 0.29) is 23.8 Å². The van der Waals surface area contributed by atoms with Gasteiger partial charge in [0.2, 0.25) is 5.91 Å². The quantitative estimate of drug-likeness (QED) is 0.537. The second-order valence-electron chi connectivity index (χ2n) is 7.60. The molecule has 3 aromatic heterocycles. The van der Waals surface area contributed by atoms with E-state index in [1.54, 1.807) is 18.5 Å². The zero-order valence-electron chi connectivity index (χ0n) is 16.7. The summed E-state index contributed by atoms with van der Waals surface area (Å²) in [6, 6.07) is 1.64. The van der Waals surface area contributed by atoms with Crippen molar-refractivity contribution >= 4 is 34.4 Å². The second-order valence-corrected chi connectivity index (χ2v) is 8.04. The average Bonchev–Trinajstić information content (AvgIpc) is 3.14. The molecule has 0 unspecified atom stereocenters. The fourth-order valence-electron chi connectivity index (χ4n) is 3.92. The molecule has 2 atom stereocenters. The van der Waals surface area contributed by atoms with E-state index < -0.39 is 5.82 Å². The molecule has 1 amide bonds. The molecule has 7 nitrogen and oxygen atoms in total. The van der Waals surface area contributed by atoms with Gasteiger partial charge in [0, 0.05) is 41.8 Å². The van der Waals surface area contributed by atoms with Crippen molar-refractivity contribution in [2.75, 3.05) is 5.32 Å². The summed E-state index contributed by atoms with van der Waals surface area (Å²) in [5, 5.41) is 7.57. The summed E-state index contributed by atoms with van der Waals surface area (Å²) in [5.41, 5.74) is 1.35. The van der Waals surface area contributed by atoms with Crippen molar-refractivity contribution in [1.29, 1.82) is 0 Å². The molecule has 30 heavy (non-hydrogen) atoms. The van der Waals surface area contributed by atoms with Crippen LogP contribution in [0, 0.1) is 5.82 Å². The number of nitrogens with one attached hydrogen (secondary N) is 3. The highest BCUT2D eigenvalue weighted by molar-refractivity contribution is 6.31. The number of rotatable bonds is 6. The molecule has 3 N–H and O–H groups in total. The molecule has 3 aromatic rings. The summed E-state index contributed by atoms with van der Waals surface area (Å²) in [5.74, 6) is 0.00440. The highest BCUT2D eigenvalue weighted by atomic mass is 35.5. The van der Waals surface area contributed by atoms with E-state index in [0.29, 0.717) is 28.5 Å². The predicted molar refractivity (Wildman–Crippen MR) is 115 cm³/mol. The Morgan fingerprint density at radius 3 is 2.87 bits per heavy atom. The van der Waals surface area contributed by atoms with E-state index in [1.165, 1.54) is 0 Å². The number of amides is 1. The van der Waals surface area contributed by atoms with Gasteiger partial charge in [0.15, 0.2) is 17.5 Å². The molecule has 158 valence electrons. The topological polar surface area (TPSA) is 95.6 Å². The summed E-state index contributed by atoms with van der Waals surface area (Å²) in [6.07, 6.45) is 9.49. The van der Waals surface area contributed by atoms with Crippen LogP contribution in [-0.2, 0) is 4.79 Å². The van der Waals surface area contributed by atoms with Crippen molar-refractivity contribution in [2.45, 2.75) is 57.5 Å². The Morgan fingerprint density at radius 1 is 1.27 bits per heavy atom. The van der Waals surface area contributed by atoms with Gasteiger partial charge in [-0.15, -0.1) is 0 Å². The Morgan fingerprint density at radius 2 is 2.07 bits per heavy atom. The predicted octanol–water partition coefficient (Wildman–Crippen LogP) is 4.45. The molecule has 0 bridgehead atoms. The maximum Gasteiger partial charge on any atom is 0.220 e. The van der Waals surface area contributed by atoms with Crippen LogP contribution in [0.2, 0.25) is 5.02 Å². The van der Waals surface area contributed by atoms with Gasteiger partial charge in [0.05, 0.1) is 11.2 Å². The summed E-state index contributed by atoms with van der Waals surface area (Å²) in [7, 11) is 0. The van der Waals surface area contributed by atoms with Gasteiger partial charge in [-0.2, -0.15) is 0 Å². The normalized spacial score (nSPS) is 19.0. The lowest BCUT2D eigenvalue weighted by atomic mass is 9.90. The maximum absolute atomic E-state index is 14.5. The lowest BCUT2D eigenvalue weighted by Crippen LogP contribution is -2.48. The van der Waals surface area contributed by atoms with Crippen molar-refractivity contribution in [3.63, 3.8) is 0 Å². The summed E-state index contributed by atoms with van der Waals surface area (Å²) >= 11 is 6.08. The Kier molecular flexibility index (Phi) is 6.13. The molecule has 9 heteroatoms. The monoisotopic (exact) mass is 430 g/mol. The fourth-order valence-corrected chi connectivity index (χ4v) is 4.08. The van der Waals surface area contributed by atoms with Crippen LogP contribution in [0.1, 0.15) is 45.4 Å². The molecule has 3 heterocycles. The van der Waals surface area contributed by atoms with E-state index in [0.717, 1.165) is 43.7 Å². The number of hydrogen-bond donors (Lipinski definition) is 3. The van der Waals surface area contributed by atoms with Crippen molar-refractivity contribution in [2.24, 2.45) is 0 Å². The molecule has 0 aromatic carbocycles. The number of aromatic amines is 1. The van der Waals surface area contributed by atoms with E-state index in [4.69, 9.17) is 11.6 Å². The number of carbonyl (C=O) groups excluding carboxylic acids is 1. The fraction of sp³-hybridized carbons (Fsp3) is 0.429. The average molecular weight is 431 g/mol. The molecular formula is C21H24ClFN6O. The van der Waals surface area contributed by atoms with Gasteiger partial charge in [-0.3, -0.25) is 4.79 Å². The number of H-pyrrole nitrogens is 1.